The highest BCUT2D eigenvalue weighted by molar-refractivity contribution is 8.02. The van der Waals surface area contributed by atoms with Crippen molar-refractivity contribution in [3.05, 3.63) is 0 Å². The average Bonchev–Trinajstić information content (AvgIpc) is 2.30. The second-order valence-corrected chi connectivity index (χ2v) is 4.20. The number of nitrogen functional groups attached to an aromatic ring is 1. The van der Waals surface area contributed by atoms with Crippen LogP contribution in [-0.4, -0.2) is 22.8 Å². The molecule has 0 atom stereocenters. The Labute approximate surface area is 74.6 Å². The summed E-state index contributed by atoms with van der Waals surface area (Å²) in [5.41, 5.74) is 4.28. The summed E-state index contributed by atoms with van der Waals surface area (Å²) in [6, 6.07) is 0. The smallest absolute Gasteiger partial charge is 0.448 e. The van der Waals surface area contributed by atoms with Gasteiger partial charge < -0.3 is 18.7 Å². The standard InChI is InChI=1S/C3H4BF3N3S2/c5-4(6,7)1-11-3-10-9-2(8)12-3/h1H2,(H2,8,9)/q-1. The number of aromatic nitrogens is 2. The Kier molecular flexibility index (Phi) is 2.83. The van der Waals surface area contributed by atoms with E-state index in [2.05, 4.69) is 10.2 Å². The van der Waals surface area contributed by atoms with E-state index in [9.17, 15) is 12.9 Å². The fourth-order valence-electron chi connectivity index (χ4n) is 0.444. The van der Waals surface area contributed by atoms with Crippen molar-refractivity contribution in [2.24, 2.45) is 0 Å². The summed E-state index contributed by atoms with van der Waals surface area (Å²) < 4.78 is 35.4. The van der Waals surface area contributed by atoms with Gasteiger partial charge in [0.05, 0.1) is 0 Å². The number of rotatable bonds is 3. The van der Waals surface area contributed by atoms with E-state index in [-0.39, 0.29) is 9.47 Å². The van der Waals surface area contributed by atoms with Crippen LogP contribution in [0.5, 0.6) is 0 Å². The molecule has 0 aliphatic heterocycles. The second kappa shape index (κ2) is 3.52. The maximum atomic E-state index is 11.7. The van der Waals surface area contributed by atoms with Gasteiger partial charge in [-0.2, -0.15) is 0 Å². The molecule has 0 aliphatic rings. The van der Waals surface area contributed by atoms with Crippen LogP contribution in [0.1, 0.15) is 0 Å². The fourth-order valence-corrected chi connectivity index (χ4v) is 1.91. The van der Waals surface area contributed by atoms with Crippen molar-refractivity contribution in [3.8, 4) is 0 Å². The zero-order valence-electron chi connectivity index (χ0n) is 5.71. The van der Waals surface area contributed by atoms with Crippen molar-refractivity contribution in [3.63, 3.8) is 0 Å². The van der Waals surface area contributed by atoms with Gasteiger partial charge in [-0.1, -0.05) is 11.3 Å². The first-order valence-electron chi connectivity index (χ1n) is 2.90. The highest BCUT2D eigenvalue weighted by atomic mass is 32.2. The maximum absolute atomic E-state index is 11.7. The van der Waals surface area contributed by atoms with Gasteiger partial charge in [-0.25, -0.2) is 0 Å². The molecule has 1 aromatic rings. The number of anilines is 1. The highest BCUT2D eigenvalue weighted by Crippen LogP contribution is 2.27. The third kappa shape index (κ3) is 3.31. The molecule has 1 aromatic heterocycles. The molecule has 0 aliphatic carbocycles. The molecule has 0 spiro atoms. The lowest BCUT2D eigenvalue weighted by Crippen LogP contribution is -2.18. The van der Waals surface area contributed by atoms with E-state index in [1.807, 2.05) is 0 Å². The third-order valence-electron chi connectivity index (χ3n) is 0.818. The van der Waals surface area contributed by atoms with E-state index in [0.717, 1.165) is 11.3 Å². The number of thioether (sulfide) groups is 1. The summed E-state index contributed by atoms with van der Waals surface area (Å²) in [5, 5.41) is 7.00. The average molecular weight is 214 g/mol. The van der Waals surface area contributed by atoms with Crippen molar-refractivity contribution in [1.29, 1.82) is 0 Å². The van der Waals surface area contributed by atoms with Gasteiger partial charge in [0.15, 0.2) is 4.34 Å². The van der Waals surface area contributed by atoms with Gasteiger partial charge in [-0.3, -0.25) is 0 Å². The molecule has 0 unspecified atom stereocenters. The van der Waals surface area contributed by atoms with Crippen LogP contribution >= 0.6 is 23.1 Å². The molecule has 0 saturated carbocycles. The normalized spacial score (nSPS) is 11.9. The van der Waals surface area contributed by atoms with Gasteiger partial charge in [-0.05, 0) is 5.65 Å². The maximum Gasteiger partial charge on any atom is 0.488 e. The summed E-state index contributed by atoms with van der Waals surface area (Å²) in [6.07, 6.45) is 0. The van der Waals surface area contributed by atoms with Crippen LogP contribution < -0.4 is 5.73 Å². The Morgan fingerprint density at radius 2 is 2.08 bits per heavy atom. The van der Waals surface area contributed by atoms with E-state index in [1.165, 1.54) is 0 Å². The molecule has 0 bridgehead atoms. The molecule has 0 aromatic carbocycles. The molecule has 0 saturated heterocycles. The van der Waals surface area contributed by atoms with Crippen LogP contribution in [0, 0.1) is 0 Å². The largest absolute Gasteiger partial charge is 0.488 e. The van der Waals surface area contributed by atoms with E-state index >= 15 is 0 Å². The van der Waals surface area contributed by atoms with Gasteiger partial charge in [-0.15, -0.1) is 22.0 Å². The Bertz CT molecular complexity index is 262. The predicted octanol–water partition coefficient (Wildman–Crippen LogP) is 1.60. The van der Waals surface area contributed by atoms with Crippen LogP contribution in [0.2, 0.25) is 0 Å². The quantitative estimate of drug-likeness (QED) is 0.613. The summed E-state index contributed by atoms with van der Waals surface area (Å²) in [4.78, 5) is 0. The van der Waals surface area contributed by atoms with Gasteiger partial charge in [0.25, 0.3) is 0 Å². The van der Waals surface area contributed by atoms with E-state index in [4.69, 9.17) is 5.73 Å². The van der Waals surface area contributed by atoms with Gasteiger partial charge >= 0.3 is 6.98 Å². The van der Waals surface area contributed by atoms with E-state index < -0.39 is 12.6 Å². The van der Waals surface area contributed by atoms with Crippen molar-refractivity contribution in [2.45, 2.75) is 4.34 Å². The summed E-state index contributed by atoms with van der Waals surface area (Å²) >= 11 is 1.57. The summed E-state index contributed by atoms with van der Waals surface area (Å²) in [6.45, 7) is -4.76. The summed E-state index contributed by atoms with van der Waals surface area (Å²) in [5.74, 6) is 0. The van der Waals surface area contributed by atoms with Gasteiger partial charge in [0.2, 0.25) is 5.13 Å². The second-order valence-electron chi connectivity index (χ2n) is 1.93. The third-order valence-corrected chi connectivity index (χ3v) is 2.84. The molecule has 0 fully saturated rings. The Morgan fingerprint density at radius 3 is 2.50 bits per heavy atom. The zero-order valence-corrected chi connectivity index (χ0v) is 7.34. The molecule has 12 heavy (non-hydrogen) atoms. The fraction of sp³-hybridized carbons (Fsp3) is 0.333. The molecule has 9 heteroatoms. The van der Waals surface area contributed by atoms with Crippen LogP contribution in [0.15, 0.2) is 4.34 Å². The number of halogens is 3. The first-order valence-corrected chi connectivity index (χ1v) is 4.70. The van der Waals surface area contributed by atoms with Crippen molar-refractivity contribution in [2.75, 3.05) is 11.4 Å². The van der Waals surface area contributed by atoms with Crippen molar-refractivity contribution in [1.82, 2.24) is 10.2 Å². The molecular formula is C3H4BF3N3S2-. The molecule has 3 nitrogen and oxygen atoms in total. The monoisotopic (exact) mass is 214 g/mol. The van der Waals surface area contributed by atoms with Crippen LogP contribution in [0.25, 0.3) is 0 Å². The van der Waals surface area contributed by atoms with Crippen LogP contribution in [0.4, 0.5) is 18.1 Å². The first kappa shape index (κ1) is 9.65. The topological polar surface area (TPSA) is 51.8 Å². The number of nitrogens with zero attached hydrogens (tertiary/aromatic N) is 2. The van der Waals surface area contributed by atoms with Crippen LogP contribution in [0.3, 0.4) is 0 Å². The van der Waals surface area contributed by atoms with E-state index in [0.29, 0.717) is 11.8 Å². The lowest BCUT2D eigenvalue weighted by atomic mass is 9.98. The zero-order chi connectivity index (χ0) is 9.19. The predicted molar refractivity (Wildman–Crippen MR) is 44.1 cm³/mol. The van der Waals surface area contributed by atoms with Gasteiger partial charge in [0.1, 0.15) is 0 Å². The molecule has 0 radical (unpaired) electrons. The minimum Gasteiger partial charge on any atom is -0.448 e. The highest BCUT2D eigenvalue weighted by Gasteiger charge is 2.23. The molecule has 2 N–H and O–H groups in total. The van der Waals surface area contributed by atoms with Crippen molar-refractivity contribution >= 4 is 35.2 Å². The molecule has 1 rings (SSSR count). The Morgan fingerprint density at radius 1 is 1.42 bits per heavy atom. The minimum absolute atomic E-state index is 0.187. The minimum atomic E-state index is -4.76. The van der Waals surface area contributed by atoms with E-state index in [1.54, 1.807) is 0 Å². The van der Waals surface area contributed by atoms with Crippen LogP contribution in [-0.2, 0) is 0 Å². The molecule has 1 heterocycles. The number of hydrogen-bond donors (Lipinski definition) is 1. The SMILES string of the molecule is Nc1nnc(SC[B-](F)(F)F)s1. The Balaban J connectivity index is 2.44. The molecule has 68 valence electrons. The first-order chi connectivity index (χ1) is 5.47. The number of nitrogens with two attached hydrogens (primary N) is 1. The summed E-state index contributed by atoms with van der Waals surface area (Å²) in [7, 11) is 0. The molecule has 0 amide bonds. The Hall–Kier alpha value is -0.435. The lowest BCUT2D eigenvalue weighted by molar-refractivity contribution is 0.485. The lowest BCUT2D eigenvalue weighted by Gasteiger charge is -2.10. The van der Waals surface area contributed by atoms with Crippen molar-refractivity contribution < 1.29 is 12.9 Å². The van der Waals surface area contributed by atoms with Gasteiger partial charge in [0, 0.05) is 0 Å². The number of hydrogen-bond acceptors (Lipinski definition) is 5. The molecular weight excluding hydrogens is 210 g/mol.